The van der Waals surface area contributed by atoms with Crippen LogP contribution in [0.2, 0.25) is 5.02 Å². The molecule has 0 unspecified atom stereocenters. The lowest BCUT2D eigenvalue weighted by molar-refractivity contribution is 0.573. The van der Waals surface area contributed by atoms with Gasteiger partial charge < -0.3 is 14.8 Å². The number of pyridine rings is 1. The highest BCUT2D eigenvalue weighted by molar-refractivity contribution is 6.33. The first-order valence-corrected chi connectivity index (χ1v) is 11.8. The van der Waals surface area contributed by atoms with Crippen molar-refractivity contribution in [3.63, 3.8) is 0 Å². The normalized spacial score (nSPS) is 16.0. The molecule has 4 heterocycles. The van der Waals surface area contributed by atoms with Gasteiger partial charge in [-0.15, -0.1) is 0 Å². The molecule has 0 spiro atoms. The van der Waals surface area contributed by atoms with Crippen LogP contribution in [0.4, 0.5) is 11.5 Å². The third kappa shape index (κ3) is 3.61. The Hall–Kier alpha value is -3.05. The number of imidazole rings is 1. The van der Waals surface area contributed by atoms with Gasteiger partial charge in [-0.25, -0.2) is 9.97 Å². The third-order valence-electron chi connectivity index (χ3n) is 6.69. The van der Waals surface area contributed by atoms with E-state index >= 15 is 0 Å². The molecular weight excluding hydrogens is 418 g/mol. The van der Waals surface area contributed by atoms with Crippen molar-refractivity contribution in [1.29, 1.82) is 0 Å². The molecule has 0 amide bonds. The van der Waals surface area contributed by atoms with E-state index in [4.69, 9.17) is 16.6 Å². The van der Waals surface area contributed by atoms with E-state index in [9.17, 15) is 0 Å². The standard InChI is InChI=1S/C26H26ClN5/c27-21-16-28-26(31-11-4-1-5-12-31)15-20(21)19-9-8-18-10-13-32(24(18)14-19)17-25-29-22-6-2-3-7-23(22)30-25/h2-3,6-9,14-16H,1,4-5,10-13,17H2,(H,29,30). The fourth-order valence-electron chi connectivity index (χ4n) is 4.98. The van der Waals surface area contributed by atoms with Gasteiger partial charge in [-0.05, 0) is 61.1 Å². The monoisotopic (exact) mass is 443 g/mol. The lowest BCUT2D eigenvalue weighted by atomic mass is 10.0. The summed E-state index contributed by atoms with van der Waals surface area (Å²) in [5, 5.41) is 0.701. The molecule has 2 aliphatic heterocycles. The maximum atomic E-state index is 6.62. The maximum absolute atomic E-state index is 6.62. The number of H-pyrrole nitrogens is 1. The number of hydrogen-bond acceptors (Lipinski definition) is 4. The smallest absolute Gasteiger partial charge is 0.129 e. The molecule has 5 nitrogen and oxygen atoms in total. The van der Waals surface area contributed by atoms with Crippen molar-refractivity contribution < 1.29 is 0 Å². The summed E-state index contributed by atoms with van der Waals surface area (Å²) in [6, 6.07) is 17.1. The zero-order valence-electron chi connectivity index (χ0n) is 18.0. The van der Waals surface area contributed by atoms with Gasteiger partial charge >= 0.3 is 0 Å². The van der Waals surface area contributed by atoms with Crippen molar-refractivity contribution in [2.75, 3.05) is 29.4 Å². The summed E-state index contributed by atoms with van der Waals surface area (Å²) in [6.45, 7) is 3.92. The van der Waals surface area contributed by atoms with Crippen molar-refractivity contribution in [1.82, 2.24) is 15.0 Å². The minimum atomic E-state index is 0.701. The lowest BCUT2D eigenvalue weighted by Crippen LogP contribution is -2.30. The molecule has 0 atom stereocenters. The zero-order chi connectivity index (χ0) is 21.5. The van der Waals surface area contributed by atoms with Crippen LogP contribution in [0.15, 0.2) is 54.7 Å². The zero-order valence-corrected chi connectivity index (χ0v) is 18.8. The Kier molecular flexibility index (Phi) is 4.99. The second kappa shape index (κ2) is 8.14. The molecule has 1 N–H and O–H groups in total. The number of piperidine rings is 1. The molecule has 6 heteroatoms. The van der Waals surface area contributed by atoms with Gasteiger partial charge in [-0.3, -0.25) is 0 Å². The number of benzene rings is 2. The minimum absolute atomic E-state index is 0.701. The third-order valence-corrected chi connectivity index (χ3v) is 6.99. The molecular formula is C26H26ClN5. The van der Waals surface area contributed by atoms with Gasteiger partial charge in [0.05, 0.1) is 22.6 Å². The molecule has 2 aliphatic rings. The predicted octanol–water partition coefficient (Wildman–Crippen LogP) is 5.83. The number of aromatic amines is 1. The van der Waals surface area contributed by atoms with E-state index in [0.717, 1.165) is 66.4 Å². The summed E-state index contributed by atoms with van der Waals surface area (Å²) < 4.78 is 0. The maximum Gasteiger partial charge on any atom is 0.129 e. The number of fused-ring (bicyclic) bond motifs is 2. The van der Waals surface area contributed by atoms with Gasteiger partial charge in [0.15, 0.2) is 0 Å². The average Bonchev–Trinajstić information content (AvgIpc) is 3.43. The lowest BCUT2D eigenvalue weighted by Gasteiger charge is -2.28. The fraction of sp³-hybridized carbons (Fsp3) is 0.308. The molecule has 162 valence electrons. The highest BCUT2D eigenvalue weighted by atomic mass is 35.5. The molecule has 0 radical (unpaired) electrons. The van der Waals surface area contributed by atoms with E-state index < -0.39 is 0 Å². The van der Waals surface area contributed by atoms with Crippen LogP contribution in [0, 0.1) is 0 Å². The second-order valence-electron chi connectivity index (χ2n) is 8.79. The number of aromatic nitrogens is 3. The van der Waals surface area contributed by atoms with Gasteiger partial charge in [0.1, 0.15) is 11.6 Å². The Labute approximate surface area is 193 Å². The van der Waals surface area contributed by atoms with Crippen LogP contribution in [0.3, 0.4) is 0 Å². The van der Waals surface area contributed by atoms with Crippen LogP contribution in [-0.2, 0) is 13.0 Å². The van der Waals surface area contributed by atoms with Crippen molar-refractivity contribution in [3.8, 4) is 11.1 Å². The van der Waals surface area contributed by atoms with Crippen molar-refractivity contribution in [2.24, 2.45) is 0 Å². The molecule has 32 heavy (non-hydrogen) atoms. The van der Waals surface area contributed by atoms with Gasteiger partial charge in [0.25, 0.3) is 0 Å². The van der Waals surface area contributed by atoms with Crippen LogP contribution < -0.4 is 9.80 Å². The topological polar surface area (TPSA) is 48.1 Å². The number of para-hydroxylation sites is 2. The predicted molar refractivity (Wildman–Crippen MR) is 132 cm³/mol. The molecule has 1 fully saturated rings. The van der Waals surface area contributed by atoms with E-state index in [-0.39, 0.29) is 0 Å². The Balaban J connectivity index is 1.31. The van der Waals surface area contributed by atoms with Gasteiger partial charge in [-0.2, -0.15) is 0 Å². The number of halogens is 1. The van der Waals surface area contributed by atoms with E-state index in [1.807, 2.05) is 12.1 Å². The highest BCUT2D eigenvalue weighted by Gasteiger charge is 2.22. The number of nitrogens with zero attached hydrogens (tertiary/aromatic N) is 4. The van der Waals surface area contributed by atoms with Gasteiger partial charge in [0, 0.05) is 37.1 Å². The first kappa shape index (κ1) is 19.6. The number of anilines is 2. The van der Waals surface area contributed by atoms with Crippen LogP contribution in [0.25, 0.3) is 22.2 Å². The molecule has 0 bridgehead atoms. The molecule has 4 aromatic rings. The first-order chi connectivity index (χ1) is 15.7. The van der Waals surface area contributed by atoms with Crippen LogP contribution in [-0.4, -0.2) is 34.6 Å². The highest BCUT2D eigenvalue weighted by Crippen LogP contribution is 2.37. The SMILES string of the molecule is Clc1cnc(N2CCCCC2)cc1-c1ccc2c(c1)N(Cc1nc3ccccc3[nH]1)CC2. The molecule has 0 aliphatic carbocycles. The number of nitrogens with one attached hydrogen (secondary N) is 1. The summed E-state index contributed by atoms with van der Waals surface area (Å²) in [5.41, 5.74) is 6.96. The molecule has 6 rings (SSSR count). The second-order valence-corrected chi connectivity index (χ2v) is 9.19. The number of rotatable bonds is 4. The quantitative estimate of drug-likeness (QED) is 0.431. The molecule has 0 saturated carbocycles. The summed E-state index contributed by atoms with van der Waals surface area (Å²) in [4.78, 5) is 17.7. The molecule has 1 saturated heterocycles. The van der Waals surface area contributed by atoms with E-state index in [1.165, 1.54) is 30.5 Å². The molecule has 2 aromatic heterocycles. The van der Waals surface area contributed by atoms with Crippen LogP contribution >= 0.6 is 11.6 Å². The summed E-state index contributed by atoms with van der Waals surface area (Å²) in [7, 11) is 0. The average molecular weight is 444 g/mol. The van der Waals surface area contributed by atoms with Crippen molar-refractivity contribution in [3.05, 3.63) is 71.1 Å². The Morgan fingerprint density at radius 2 is 1.84 bits per heavy atom. The van der Waals surface area contributed by atoms with E-state index in [2.05, 4.69) is 56.2 Å². The number of hydrogen-bond donors (Lipinski definition) is 1. The van der Waals surface area contributed by atoms with Gasteiger partial charge in [-0.1, -0.05) is 35.9 Å². The Bertz CT molecular complexity index is 1240. The first-order valence-electron chi connectivity index (χ1n) is 11.5. The Morgan fingerprint density at radius 1 is 0.969 bits per heavy atom. The van der Waals surface area contributed by atoms with Crippen molar-refractivity contribution >= 4 is 34.1 Å². The van der Waals surface area contributed by atoms with Crippen LogP contribution in [0.1, 0.15) is 30.7 Å². The fourth-order valence-corrected chi connectivity index (χ4v) is 5.20. The summed E-state index contributed by atoms with van der Waals surface area (Å²) >= 11 is 6.62. The van der Waals surface area contributed by atoms with E-state index in [1.54, 1.807) is 6.20 Å². The Morgan fingerprint density at radius 3 is 2.72 bits per heavy atom. The van der Waals surface area contributed by atoms with Crippen molar-refractivity contribution in [2.45, 2.75) is 32.2 Å². The summed E-state index contributed by atoms with van der Waals surface area (Å²) in [5.74, 6) is 2.03. The molecule has 2 aromatic carbocycles. The summed E-state index contributed by atoms with van der Waals surface area (Å²) in [6.07, 6.45) is 6.63. The van der Waals surface area contributed by atoms with Crippen LogP contribution in [0.5, 0.6) is 0 Å². The van der Waals surface area contributed by atoms with E-state index in [0.29, 0.717) is 5.02 Å². The largest absolute Gasteiger partial charge is 0.363 e. The van der Waals surface area contributed by atoms with Gasteiger partial charge in [0.2, 0.25) is 0 Å². The minimum Gasteiger partial charge on any atom is -0.363 e.